The minimum absolute atomic E-state index is 0.328. The van der Waals surface area contributed by atoms with Gasteiger partial charge in [-0.2, -0.15) is 0 Å². The van der Waals surface area contributed by atoms with Crippen LogP contribution >= 0.6 is 0 Å². The van der Waals surface area contributed by atoms with Crippen LogP contribution in [0.1, 0.15) is 0 Å². The fraction of sp³-hybridized carbons (Fsp3) is 0. The summed E-state index contributed by atoms with van der Waals surface area (Å²) in [7, 11) is 0. The van der Waals surface area contributed by atoms with Gasteiger partial charge in [-0.1, -0.05) is 0 Å². The maximum absolute atomic E-state index is 9.03. The van der Waals surface area contributed by atoms with E-state index in [4.69, 9.17) is 7.79 Å². The Bertz CT molecular complexity index is 34.2. The molecule has 0 aliphatic rings. The van der Waals surface area contributed by atoms with E-state index in [1.54, 1.807) is 0 Å². The molecule has 38 valence electrons. The van der Waals surface area contributed by atoms with Gasteiger partial charge in [-0.25, -0.2) is 0 Å². The third-order valence-corrected chi connectivity index (χ3v) is 0.567. The molecule has 0 aromatic heterocycles. The quantitative estimate of drug-likeness (QED) is 0.527. The SMILES string of the molecule is [O]=[Ni][O][Ni]=[O]. The van der Waals surface area contributed by atoms with Gasteiger partial charge in [0, 0.05) is 0 Å². The van der Waals surface area contributed by atoms with E-state index in [1.807, 2.05) is 0 Å². The first-order valence-electron chi connectivity index (χ1n) is 0.516. The molecule has 5 heavy (non-hydrogen) atoms. The van der Waals surface area contributed by atoms with Crippen LogP contribution in [0.2, 0.25) is 0 Å². The van der Waals surface area contributed by atoms with Gasteiger partial charge in [0.05, 0.1) is 0 Å². The van der Waals surface area contributed by atoms with Crippen LogP contribution in [0.3, 0.4) is 0 Å². The van der Waals surface area contributed by atoms with Gasteiger partial charge in [-0.3, -0.25) is 0 Å². The topological polar surface area (TPSA) is 43.4 Å². The monoisotopic (exact) mass is 164 g/mol. The van der Waals surface area contributed by atoms with Crippen molar-refractivity contribution in [2.45, 2.75) is 0 Å². The van der Waals surface area contributed by atoms with Crippen molar-refractivity contribution >= 4 is 0 Å². The first kappa shape index (κ1) is 5.55. The van der Waals surface area contributed by atoms with E-state index >= 15 is 0 Å². The third kappa shape index (κ3) is 4.55. The second-order valence-corrected chi connectivity index (χ2v) is 1.13. The van der Waals surface area contributed by atoms with Crippen LogP contribution in [0, 0.1) is 0 Å². The summed E-state index contributed by atoms with van der Waals surface area (Å²) in [5.74, 6) is 0. The van der Waals surface area contributed by atoms with Crippen molar-refractivity contribution in [3.63, 3.8) is 0 Å². The molecule has 0 N–H and O–H groups in total. The zero-order chi connectivity index (χ0) is 4.12. The fourth-order valence-electron chi connectivity index (χ4n) is 0.00680. The molecule has 0 aromatic carbocycles. The summed E-state index contributed by atoms with van der Waals surface area (Å²) in [6, 6.07) is 0. The van der Waals surface area contributed by atoms with Crippen molar-refractivity contribution in [1.82, 2.24) is 0 Å². The first-order chi connectivity index (χ1) is 2.41. The molecule has 0 aromatic rings. The molecule has 0 fully saturated rings. The Morgan fingerprint density at radius 3 is 1.60 bits per heavy atom. The molecule has 0 atom stereocenters. The van der Waals surface area contributed by atoms with Crippen LogP contribution in [0.4, 0.5) is 0 Å². The van der Waals surface area contributed by atoms with Gasteiger partial charge in [0.1, 0.15) is 0 Å². The van der Waals surface area contributed by atoms with Crippen molar-refractivity contribution < 1.29 is 40.2 Å². The predicted molar refractivity (Wildman–Crippen MR) is 2.46 cm³/mol. The normalized spacial score (nSPS) is 9.60. The standard InChI is InChI=1S/2Ni.3O. The van der Waals surface area contributed by atoms with Crippen molar-refractivity contribution in [2.24, 2.45) is 0 Å². The Hall–Kier alpha value is 0.547. The number of hydrogen-bond acceptors (Lipinski definition) is 3. The van der Waals surface area contributed by atoms with Gasteiger partial charge in [0.25, 0.3) is 0 Å². The summed E-state index contributed by atoms with van der Waals surface area (Å²) in [6.07, 6.45) is 0. The van der Waals surface area contributed by atoms with E-state index in [2.05, 4.69) is 3.02 Å². The van der Waals surface area contributed by atoms with E-state index < -0.39 is 0 Å². The Morgan fingerprint density at radius 2 is 1.60 bits per heavy atom. The molecule has 0 rings (SSSR count). The van der Waals surface area contributed by atoms with Crippen LogP contribution in [0.25, 0.3) is 0 Å². The van der Waals surface area contributed by atoms with E-state index in [-0.39, 0.29) is 29.4 Å². The van der Waals surface area contributed by atoms with Gasteiger partial charge < -0.3 is 0 Å². The molecule has 0 aliphatic heterocycles. The molecule has 3 nitrogen and oxygen atoms in total. The van der Waals surface area contributed by atoms with Gasteiger partial charge in [0.2, 0.25) is 0 Å². The first-order valence-corrected chi connectivity index (χ1v) is 2.13. The Balaban J connectivity index is 2.65. The summed E-state index contributed by atoms with van der Waals surface area (Å²) in [5.41, 5.74) is 0. The second kappa shape index (κ2) is 4.55. The number of rotatable bonds is 2. The molecule has 5 heteroatoms. The fourth-order valence-corrected chi connectivity index (χ4v) is 0.116. The van der Waals surface area contributed by atoms with Gasteiger partial charge >= 0.3 is 40.2 Å². The number of hydrogen-bond donors (Lipinski definition) is 0. The van der Waals surface area contributed by atoms with Crippen LogP contribution in [-0.4, -0.2) is 0 Å². The third-order valence-electron chi connectivity index (χ3n) is 0.0333. The van der Waals surface area contributed by atoms with E-state index in [9.17, 15) is 0 Å². The molecule has 0 heterocycles. The summed E-state index contributed by atoms with van der Waals surface area (Å²) in [4.78, 5) is 0. The average molecular weight is 165 g/mol. The van der Waals surface area contributed by atoms with Crippen LogP contribution in [0.5, 0.6) is 0 Å². The van der Waals surface area contributed by atoms with Crippen molar-refractivity contribution in [2.75, 3.05) is 0 Å². The average Bonchev–Trinajstić information content (AvgIpc) is 1.41. The van der Waals surface area contributed by atoms with E-state index in [0.717, 1.165) is 0 Å². The molecule has 0 saturated carbocycles. The maximum atomic E-state index is 9.03. The van der Waals surface area contributed by atoms with E-state index in [1.165, 1.54) is 0 Å². The van der Waals surface area contributed by atoms with Crippen molar-refractivity contribution in [3.05, 3.63) is 0 Å². The van der Waals surface area contributed by atoms with Gasteiger partial charge in [-0.15, -0.1) is 0 Å². The summed E-state index contributed by atoms with van der Waals surface area (Å²) in [6.45, 7) is 0. The van der Waals surface area contributed by atoms with Gasteiger partial charge in [-0.05, 0) is 0 Å². The molecular formula is Ni2O3. The second-order valence-electron chi connectivity index (χ2n) is 0.146. The molecule has 0 amide bonds. The Kier molecular flexibility index (Phi) is 5.04. The van der Waals surface area contributed by atoms with Crippen molar-refractivity contribution in [3.8, 4) is 0 Å². The Labute approximate surface area is 40.7 Å². The van der Waals surface area contributed by atoms with Crippen LogP contribution in [-0.2, 0) is 40.2 Å². The molecule has 0 bridgehead atoms. The zero-order valence-electron chi connectivity index (χ0n) is 1.86. The molecular weight excluding hydrogens is 165 g/mol. The van der Waals surface area contributed by atoms with Crippen LogP contribution in [0.15, 0.2) is 0 Å². The molecule has 0 unspecified atom stereocenters. The van der Waals surface area contributed by atoms with Crippen LogP contribution < -0.4 is 0 Å². The van der Waals surface area contributed by atoms with E-state index in [0.29, 0.717) is 0 Å². The summed E-state index contributed by atoms with van der Waals surface area (Å²) in [5, 5.41) is 0. The Morgan fingerprint density at radius 1 is 1.20 bits per heavy atom. The predicted octanol–water partition coefficient (Wildman–Crippen LogP) is -0.311. The summed E-state index contributed by atoms with van der Waals surface area (Å²) < 4.78 is 21.7. The molecule has 0 aliphatic carbocycles. The zero-order valence-corrected chi connectivity index (χ0v) is 3.83. The summed E-state index contributed by atoms with van der Waals surface area (Å²) >= 11 is -0.656. The minimum atomic E-state index is -0.328. The molecule has 0 spiro atoms. The van der Waals surface area contributed by atoms with Crippen molar-refractivity contribution in [1.29, 1.82) is 0 Å². The molecule has 0 saturated heterocycles. The molecule has 0 radical (unpaired) electrons. The van der Waals surface area contributed by atoms with Gasteiger partial charge in [0.15, 0.2) is 0 Å².